The summed E-state index contributed by atoms with van der Waals surface area (Å²) in [6.45, 7) is 0.752. The molecule has 0 spiro atoms. The Bertz CT molecular complexity index is 493. The molecule has 1 aromatic rings. The van der Waals surface area contributed by atoms with Crippen LogP contribution in [0.5, 0.6) is 0 Å². The van der Waals surface area contributed by atoms with E-state index in [2.05, 4.69) is 0 Å². The van der Waals surface area contributed by atoms with Gasteiger partial charge < -0.3 is 24.8 Å². The van der Waals surface area contributed by atoms with E-state index < -0.39 is 11.9 Å². The van der Waals surface area contributed by atoms with Crippen molar-refractivity contribution in [2.24, 2.45) is 0 Å². The average molecular weight is 326 g/mol. The molecule has 23 heavy (non-hydrogen) atoms. The lowest BCUT2D eigenvalue weighted by molar-refractivity contribution is -0.134. The van der Waals surface area contributed by atoms with E-state index in [0.717, 1.165) is 0 Å². The minimum absolute atomic E-state index is 0.0212. The van der Waals surface area contributed by atoms with E-state index in [1.165, 1.54) is 0 Å². The highest BCUT2D eigenvalue weighted by Gasteiger charge is 2.04. The van der Waals surface area contributed by atoms with Gasteiger partial charge in [-0.15, -0.1) is 0 Å². The van der Waals surface area contributed by atoms with Gasteiger partial charge in [0, 0.05) is 12.2 Å². The molecule has 1 aromatic carbocycles. The van der Waals surface area contributed by atoms with E-state index in [9.17, 15) is 14.4 Å². The normalized spacial score (nSPS) is 9.78. The van der Waals surface area contributed by atoms with Crippen LogP contribution in [0.2, 0.25) is 0 Å². The highest BCUT2D eigenvalue weighted by molar-refractivity contribution is 5.89. The number of aliphatic hydroxyl groups excluding tert-OH is 1. The molecule has 0 unspecified atom stereocenters. The summed E-state index contributed by atoms with van der Waals surface area (Å²) in [7, 11) is 0. The lowest BCUT2D eigenvalue weighted by Gasteiger charge is -2.04. The molecule has 0 aromatic heterocycles. The van der Waals surface area contributed by atoms with Crippen molar-refractivity contribution in [2.45, 2.75) is 0 Å². The molecule has 0 fully saturated rings. The zero-order valence-corrected chi connectivity index (χ0v) is 12.3. The molecule has 0 aliphatic rings. The molecule has 1 rings (SSSR count). The van der Waals surface area contributed by atoms with Crippen molar-refractivity contribution in [1.29, 1.82) is 0 Å². The zero-order valence-electron chi connectivity index (χ0n) is 12.3. The number of ether oxygens (including phenoxy) is 2. The van der Waals surface area contributed by atoms with E-state index in [1.54, 1.807) is 24.3 Å². The Balaban J connectivity index is 0.000000515. The van der Waals surface area contributed by atoms with Gasteiger partial charge in [-0.25, -0.2) is 14.4 Å². The van der Waals surface area contributed by atoms with Gasteiger partial charge >= 0.3 is 17.9 Å². The van der Waals surface area contributed by atoms with E-state index in [-0.39, 0.29) is 25.8 Å². The van der Waals surface area contributed by atoms with Gasteiger partial charge in [-0.2, -0.15) is 0 Å². The summed E-state index contributed by atoms with van der Waals surface area (Å²) < 4.78 is 9.87. The molecule has 0 radical (unpaired) electrons. The van der Waals surface area contributed by atoms with Crippen LogP contribution in [0.25, 0.3) is 0 Å². The molecule has 8 heteroatoms. The Morgan fingerprint density at radius 3 is 1.96 bits per heavy atom. The molecule has 8 nitrogen and oxygen atoms in total. The molecular weight excluding hydrogens is 308 g/mol. The molecule has 0 bridgehead atoms. The Morgan fingerprint density at radius 1 is 0.913 bits per heavy atom. The first-order chi connectivity index (χ1) is 11.0. The molecule has 0 saturated carbocycles. The Hall–Kier alpha value is -2.71. The molecule has 0 heterocycles. The number of carboxylic acid groups (broad SMARTS) is 2. The number of aliphatic carboxylic acids is 2. The second kappa shape index (κ2) is 13.0. The third kappa shape index (κ3) is 12.7. The van der Waals surface area contributed by atoms with Crippen LogP contribution >= 0.6 is 0 Å². The fraction of sp³-hybridized carbons (Fsp3) is 0.267. The third-order valence-electron chi connectivity index (χ3n) is 2.07. The van der Waals surface area contributed by atoms with Gasteiger partial charge in [0.05, 0.1) is 25.4 Å². The number of aliphatic hydroxyl groups is 1. The lowest BCUT2D eigenvalue weighted by Crippen LogP contribution is -2.12. The fourth-order valence-electron chi connectivity index (χ4n) is 1.16. The third-order valence-corrected chi connectivity index (χ3v) is 2.07. The van der Waals surface area contributed by atoms with Crippen molar-refractivity contribution in [2.75, 3.05) is 26.4 Å². The number of hydrogen-bond donors (Lipinski definition) is 3. The monoisotopic (exact) mass is 326 g/mol. The summed E-state index contributed by atoms with van der Waals surface area (Å²) in [4.78, 5) is 30.5. The summed E-state index contributed by atoms with van der Waals surface area (Å²) in [5.74, 6) is -2.87. The Labute approximate surface area is 132 Å². The van der Waals surface area contributed by atoms with Gasteiger partial charge in [-0.1, -0.05) is 18.2 Å². The Kier molecular flexibility index (Phi) is 11.5. The zero-order chi connectivity index (χ0) is 17.5. The number of benzene rings is 1. The predicted molar refractivity (Wildman–Crippen MR) is 79.0 cm³/mol. The van der Waals surface area contributed by atoms with Crippen LogP contribution in [0, 0.1) is 0 Å². The number of carboxylic acids is 2. The minimum atomic E-state index is -1.26. The van der Waals surface area contributed by atoms with Gasteiger partial charge in [0.15, 0.2) is 0 Å². The molecule has 3 N–H and O–H groups in total. The summed E-state index contributed by atoms with van der Waals surface area (Å²) in [5.41, 5.74) is 0.527. The van der Waals surface area contributed by atoms with Crippen LogP contribution < -0.4 is 0 Å². The average Bonchev–Trinajstić information content (AvgIpc) is 2.54. The molecule has 0 aliphatic heterocycles. The van der Waals surface area contributed by atoms with Crippen molar-refractivity contribution in [3.8, 4) is 0 Å². The molecule has 0 atom stereocenters. The van der Waals surface area contributed by atoms with Crippen LogP contribution in [-0.2, 0) is 19.1 Å². The van der Waals surface area contributed by atoms with Gasteiger partial charge in [-0.3, -0.25) is 0 Å². The van der Waals surface area contributed by atoms with Crippen LogP contribution in [-0.4, -0.2) is 59.7 Å². The number of esters is 1. The SMILES string of the molecule is O=C(O)/C=C/C(=O)O.O=C(OCCOCCO)c1ccccc1. The summed E-state index contributed by atoms with van der Waals surface area (Å²) in [6.07, 6.45) is 1.12. The van der Waals surface area contributed by atoms with Gasteiger partial charge in [0.1, 0.15) is 6.61 Å². The lowest BCUT2D eigenvalue weighted by atomic mass is 10.2. The molecule has 0 aliphatic carbocycles. The van der Waals surface area contributed by atoms with Gasteiger partial charge in [0.25, 0.3) is 0 Å². The van der Waals surface area contributed by atoms with Crippen LogP contribution in [0.15, 0.2) is 42.5 Å². The van der Waals surface area contributed by atoms with Crippen molar-refractivity contribution in [3.05, 3.63) is 48.0 Å². The standard InChI is InChI=1S/C11H14O4.C4H4O4/c12-6-7-14-8-9-15-11(13)10-4-2-1-3-5-10;5-3(6)1-2-4(7)8/h1-5,12H,6-9H2;1-2H,(H,5,6)(H,7,8)/b;2-1+. The first-order valence-electron chi connectivity index (χ1n) is 6.52. The topological polar surface area (TPSA) is 130 Å². The van der Waals surface area contributed by atoms with Crippen LogP contribution in [0.1, 0.15) is 10.4 Å². The van der Waals surface area contributed by atoms with Crippen LogP contribution in [0.3, 0.4) is 0 Å². The first-order valence-corrected chi connectivity index (χ1v) is 6.52. The second-order valence-corrected chi connectivity index (χ2v) is 3.85. The van der Waals surface area contributed by atoms with Crippen molar-refractivity contribution < 1.29 is 39.2 Å². The maximum absolute atomic E-state index is 11.4. The summed E-state index contributed by atoms with van der Waals surface area (Å²) >= 11 is 0. The maximum Gasteiger partial charge on any atom is 0.338 e. The van der Waals surface area contributed by atoms with Crippen molar-refractivity contribution in [3.63, 3.8) is 0 Å². The Morgan fingerprint density at radius 2 is 1.48 bits per heavy atom. The summed E-state index contributed by atoms with van der Waals surface area (Å²) in [6, 6.07) is 8.77. The van der Waals surface area contributed by atoms with Gasteiger partial charge in [-0.05, 0) is 12.1 Å². The van der Waals surface area contributed by atoms with E-state index >= 15 is 0 Å². The van der Waals surface area contributed by atoms with Crippen LogP contribution in [0.4, 0.5) is 0 Å². The second-order valence-electron chi connectivity index (χ2n) is 3.85. The highest BCUT2D eigenvalue weighted by Crippen LogP contribution is 2.00. The maximum atomic E-state index is 11.4. The quantitative estimate of drug-likeness (QED) is 0.359. The first kappa shape index (κ1) is 20.3. The van der Waals surface area contributed by atoms with E-state index in [1.807, 2.05) is 6.07 Å². The highest BCUT2D eigenvalue weighted by atomic mass is 16.6. The predicted octanol–water partition coefficient (Wildman–Crippen LogP) is 0.564. The minimum Gasteiger partial charge on any atom is -0.478 e. The summed E-state index contributed by atoms with van der Waals surface area (Å²) in [5, 5.41) is 24.0. The van der Waals surface area contributed by atoms with Gasteiger partial charge in [0.2, 0.25) is 0 Å². The largest absolute Gasteiger partial charge is 0.478 e. The number of carbonyl (C=O) groups excluding carboxylic acids is 1. The van der Waals surface area contributed by atoms with Crippen molar-refractivity contribution in [1.82, 2.24) is 0 Å². The number of hydrogen-bond acceptors (Lipinski definition) is 6. The molecule has 0 amide bonds. The molecule has 0 saturated heterocycles. The van der Waals surface area contributed by atoms with E-state index in [0.29, 0.717) is 24.3 Å². The van der Waals surface area contributed by atoms with Crippen molar-refractivity contribution >= 4 is 17.9 Å². The number of carbonyl (C=O) groups is 3. The fourth-order valence-corrected chi connectivity index (χ4v) is 1.16. The number of rotatable bonds is 8. The smallest absolute Gasteiger partial charge is 0.338 e. The molecular formula is C15H18O8. The molecule has 126 valence electrons. The van der Waals surface area contributed by atoms with E-state index in [4.69, 9.17) is 24.8 Å².